The van der Waals surface area contributed by atoms with Gasteiger partial charge in [-0.1, -0.05) is 48.0 Å². The normalized spacial score (nSPS) is 10.6. The Hall–Kier alpha value is -2.17. The summed E-state index contributed by atoms with van der Waals surface area (Å²) in [7, 11) is 0. The van der Waals surface area contributed by atoms with Gasteiger partial charge in [-0.15, -0.1) is 0 Å². The third-order valence-corrected chi connectivity index (χ3v) is 5.28. The molecule has 0 spiro atoms. The predicted molar refractivity (Wildman–Crippen MR) is 120 cm³/mol. The van der Waals surface area contributed by atoms with Crippen molar-refractivity contribution in [3.63, 3.8) is 0 Å². The highest BCUT2D eigenvalue weighted by atomic mass is 79.9. The van der Waals surface area contributed by atoms with E-state index in [4.69, 9.17) is 21.1 Å². The first kappa shape index (κ1) is 20.6. The van der Waals surface area contributed by atoms with E-state index in [0.717, 1.165) is 21.3 Å². The molecule has 0 amide bonds. The Kier molecular flexibility index (Phi) is 7.24. The van der Waals surface area contributed by atoms with E-state index in [2.05, 4.69) is 46.4 Å². The summed E-state index contributed by atoms with van der Waals surface area (Å²) in [6.07, 6.45) is 0. The summed E-state index contributed by atoms with van der Waals surface area (Å²) in [5, 5.41) is 4.17. The number of anilines is 1. The predicted octanol–water partition coefficient (Wildman–Crippen LogP) is 7.00. The van der Waals surface area contributed by atoms with Crippen molar-refractivity contribution < 1.29 is 9.47 Å². The van der Waals surface area contributed by atoms with Gasteiger partial charge in [0.2, 0.25) is 0 Å². The number of hydrogen-bond acceptors (Lipinski definition) is 3. The van der Waals surface area contributed by atoms with Crippen LogP contribution in [0, 0.1) is 6.92 Å². The standard InChI is InChI=1S/C23H23BrClNO2/c1-3-27-22-13-17(14-26-21-11-7-4-8-16(21)2)12-19(24)23(22)28-15-18-9-5-6-10-20(18)25/h4-13,26H,3,14-15H2,1-2H3. The molecule has 0 aliphatic carbocycles. The maximum atomic E-state index is 6.24. The van der Waals surface area contributed by atoms with E-state index in [1.807, 2.05) is 49.4 Å². The van der Waals surface area contributed by atoms with Gasteiger partial charge in [-0.05, 0) is 65.2 Å². The molecule has 0 aromatic heterocycles. The van der Waals surface area contributed by atoms with E-state index in [9.17, 15) is 0 Å². The molecule has 0 saturated heterocycles. The van der Waals surface area contributed by atoms with Crippen molar-refractivity contribution in [3.8, 4) is 11.5 Å². The molecule has 0 radical (unpaired) electrons. The van der Waals surface area contributed by atoms with Gasteiger partial charge in [-0.3, -0.25) is 0 Å². The molecule has 0 unspecified atom stereocenters. The van der Waals surface area contributed by atoms with Crippen molar-refractivity contribution in [1.82, 2.24) is 0 Å². The lowest BCUT2D eigenvalue weighted by atomic mass is 10.1. The number of nitrogens with one attached hydrogen (secondary N) is 1. The second-order valence-corrected chi connectivity index (χ2v) is 7.65. The second kappa shape index (κ2) is 9.85. The number of hydrogen-bond donors (Lipinski definition) is 1. The van der Waals surface area contributed by atoms with Gasteiger partial charge in [0.1, 0.15) is 6.61 Å². The molecule has 0 heterocycles. The molecule has 3 aromatic carbocycles. The zero-order valence-electron chi connectivity index (χ0n) is 16.0. The molecule has 0 aliphatic rings. The minimum atomic E-state index is 0.374. The Morgan fingerprint density at radius 1 is 1.00 bits per heavy atom. The molecule has 0 aliphatic heterocycles. The van der Waals surface area contributed by atoms with Crippen LogP contribution in [0.3, 0.4) is 0 Å². The average Bonchev–Trinajstić information content (AvgIpc) is 2.68. The molecule has 1 N–H and O–H groups in total. The molecule has 3 nitrogen and oxygen atoms in total. The molecular weight excluding hydrogens is 438 g/mol. The monoisotopic (exact) mass is 459 g/mol. The van der Waals surface area contributed by atoms with E-state index >= 15 is 0 Å². The Morgan fingerprint density at radius 3 is 2.50 bits per heavy atom. The fourth-order valence-corrected chi connectivity index (χ4v) is 3.65. The van der Waals surface area contributed by atoms with Gasteiger partial charge in [-0.2, -0.15) is 0 Å². The van der Waals surface area contributed by atoms with Crippen LogP contribution in [0.25, 0.3) is 0 Å². The van der Waals surface area contributed by atoms with Gasteiger partial charge in [-0.25, -0.2) is 0 Å². The Bertz CT molecular complexity index is 946. The van der Waals surface area contributed by atoms with Crippen LogP contribution in [0.15, 0.2) is 65.1 Å². The lowest BCUT2D eigenvalue weighted by Crippen LogP contribution is -2.04. The first-order valence-corrected chi connectivity index (χ1v) is 10.4. The van der Waals surface area contributed by atoms with E-state index in [-0.39, 0.29) is 0 Å². The van der Waals surface area contributed by atoms with E-state index < -0.39 is 0 Å². The summed E-state index contributed by atoms with van der Waals surface area (Å²) in [5.41, 5.74) is 4.37. The third kappa shape index (κ3) is 5.21. The average molecular weight is 461 g/mol. The lowest BCUT2D eigenvalue weighted by Gasteiger charge is -2.17. The number of para-hydroxylation sites is 1. The Labute approximate surface area is 179 Å². The Balaban J connectivity index is 1.77. The summed E-state index contributed by atoms with van der Waals surface area (Å²) in [4.78, 5) is 0. The summed E-state index contributed by atoms with van der Waals surface area (Å²) < 4.78 is 12.7. The zero-order chi connectivity index (χ0) is 19.9. The maximum Gasteiger partial charge on any atom is 0.175 e. The lowest BCUT2D eigenvalue weighted by molar-refractivity contribution is 0.267. The fourth-order valence-electron chi connectivity index (χ4n) is 2.86. The smallest absolute Gasteiger partial charge is 0.175 e. The summed E-state index contributed by atoms with van der Waals surface area (Å²) in [5.74, 6) is 1.40. The number of ether oxygens (including phenoxy) is 2. The van der Waals surface area contributed by atoms with Crippen molar-refractivity contribution in [2.45, 2.75) is 27.0 Å². The zero-order valence-corrected chi connectivity index (χ0v) is 18.3. The second-order valence-electron chi connectivity index (χ2n) is 6.39. The van der Waals surface area contributed by atoms with Crippen LogP contribution in [0.2, 0.25) is 5.02 Å². The molecule has 5 heteroatoms. The highest BCUT2D eigenvalue weighted by Gasteiger charge is 2.13. The molecule has 146 valence electrons. The minimum Gasteiger partial charge on any atom is -0.490 e. The molecule has 0 fully saturated rings. The van der Waals surface area contributed by atoms with Crippen LogP contribution in [-0.2, 0) is 13.2 Å². The van der Waals surface area contributed by atoms with Gasteiger partial charge in [0.25, 0.3) is 0 Å². The van der Waals surface area contributed by atoms with Crippen molar-refractivity contribution >= 4 is 33.2 Å². The summed E-state index contributed by atoms with van der Waals surface area (Å²) in [6.45, 7) is 5.68. The maximum absolute atomic E-state index is 6.24. The van der Waals surface area contributed by atoms with Crippen LogP contribution < -0.4 is 14.8 Å². The van der Waals surface area contributed by atoms with Gasteiger partial charge < -0.3 is 14.8 Å². The molecule has 0 atom stereocenters. The molecular formula is C23H23BrClNO2. The van der Waals surface area contributed by atoms with E-state index in [1.165, 1.54) is 5.56 Å². The van der Waals surface area contributed by atoms with Crippen molar-refractivity contribution in [3.05, 3.63) is 86.8 Å². The van der Waals surface area contributed by atoms with Crippen molar-refractivity contribution in [1.29, 1.82) is 0 Å². The Morgan fingerprint density at radius 2 is 1.75 bits per heavy atom. The van der Waals surface area contributed by atoms with Gasteiger partial charge in [0.05, 0.1) is 11.1 Å². The number of benzene rings is 3. The van der Waals surface area contributed by atoms with Gasteiger partial charge in [0, 0.05) is 22.8 Å². The van der Waals surface area contributed by atoms with Crippen LogP contribution in [0.1, 0.15) is 23.6 Å². The number of halogens is 2. The highest BCUT2D eigenvalue weighted by Crippen LogP contribution is 2.38. The quantitative estimate of drug-likeness (QED) is 0.392. The molecule has 3 rings (SSSR count). The van der Waals surface area contributed by atoms with Crippen LogP contribution >= 0.6 is 27.5 Å². The van der Waals surface area contributed by atoms with Gasteiger partial charge >= 0.3 is 0 Å². The van der Waals surface area contributed by atoms with Crippen molar-refractivity contribution in [2.75, 3.05) is 11.9 Å². The highest BCUT2D eigenvalue weighted by molar-refractivity contribution is 9.10. The topological polar surface area (TPSA) is 30.5 Å². The number of rotatable bonds is 8. The SMILES string of the molecule is CCOc1cc(CNc2ccccc2C)cc(Br)c1OCc1ccccc1Cl. The van der Waals surface area contributed by atoms with Crippen LogP contribution in [0.4, 0.5) is 5.69 Å². The first-order valence-electron chi connectivity index (χ1n) is 9.19. The minimum absolute atomic E-state index is 0.374. The van der Waals surface area contributed by atoms with E-state index in [1.54, 1.807) is 0 Å². The van der Waals surface area contributed by atoms with Crippen molar-refractivity contribution in [2.24, 2.45) is 0 Å². The number of aryl methyl sites for hydroxylation is 1. The summed E-state index contributed by atoms with van der Waals surface area (Å²) in [6, 6.07) is 20.0. The van der Waals surface area contributed by atoms with E-state index in [0.29, 0.717) is 36.3 Å². The largest absolute Gasteiger partial charge is 0.490 e. The van der Waals surface area contributed by atoms with Crippen LogP contribution in [-0.4, -0.2) is 6.61 Å². The van der Waals surface area contributed by atoms with Gasteiger partial charge in [0.15, 0.2) is 11.5 Å². The third-order valence-electron chi connectivity index (χ3n) is 4.33. The molecule has 0 bridgehead atoms. The van der Waals surface area contributed by atoms with Crippen LogP contribution in [0.5, 0.6) is 11.5 Å². The molecule has 3 aromatic rings. The first-order chi connectivity index (χ1) is 13.6. The fraction of sp³-hybridized carbons (Fsp3) is 0.217. The molecule has 0 saturated carbocycles. The summed E-state index contributed by atoms with van der Waals surface area (Å²) >= 11 is 9.87. The molecule has 28 heavy (non-hydrogen) atoms.